The van der Waals surface area contributed by atoms with Gasteiger partial charge in [-0.1, -0.05) is 11.6 Å². The molecule has 3 heterocycles. The zero-order valence-corrected chi connectivity index (χ0v) is 17.7. The Morgan fingerprint density at radius 2 is 1.90 bits per heavy atom. The maximum absolute atomic E-state index is 12.7. The Balaban J connectivity index is 1.82. The Bertz CT molecular complexity index is 1270. The molecule has 3 aromatic rings. The van der Waals surface area contributed by atoms with Crippen molar-refractivity contribution in [2.24, 2.45) is 0 Å². The maximum Gasteiger partial charge on any atom is 0.244 e. The maximum atomic E-state index is 12.7. The fraction of sp³-hybridized carbons (Fsp3) is 0.368. The molecule has 1 aliphatic carbocycles. The van der Waals surface area contributed by atoms with Crippen molar-refractivity contribution in [1.82, 2.24) is 24.2 Å². The van der Waals surface area contributed by atoms with E-state index in [1.807, 2.05) is 9.29 Å². The summed E-state index contributed by atoms with van der Waals surface area (Å²) >= 11 is 6.08. The Morgan fingerprint density at radius 3 is 2.45 bits per heavy atom. The molecular formula is C19H17ClF2N6O2S. The molecule has 12 heteroatoms. The van der Waals surface area contributed by atoms with E-state index in [4.69, 9.17) is 11.6 Å². The highest BCUT2D eigenvalue weighted by Gasteiger charge is 2.30. The molecule has 0 spiro atoms. The number of fused-ring (bicyclic) bond motifs is 1. The van der Waals surface area contributed by atoms with Gasteiger partial charge in [0.15, 0.2) is 5.82 Å². The van der Waals surface area contributed by atoms with E-state index in [0.717, 1.165) is 37.2 Å². The van der Waals surface area contributed by atoms with Gasteiger partial charge in [0.2, 0.25) is 10.0 Å². The number of nitrogens with one attached hydrogen (secondary N) is 1. The van der Waals surface area contributed by atoms with Gasteiger partial charge in [-0.05, 0) is 25.3 Å². The van der Waals surface area contributed by atoms with Crippen molar-refractivity contribution in [3.05, 3.63) is 35.4 Å². The van der Waals surface area contributed by atoms with E-state index in [1.54, 1.807) is 6.07 Å². The second-order valence-electron chi connectivity index (χ2n) is 7.18. The lowest BCUT2D eigenvalue weighted by molar-refractivity contribution is 0.323. The van der Waals surface area contributed by atoms with E-state index >= 15 is 0 Å². The Labute approximate surface area is 181 Å². The van der Waals surface area contributed by atoms with Gasteiger partial charge in [-0.25, -0.2) is 36.9 Å². The molecule has 0 atom stereocenters. The summed E-state index contributed by atoms with van der Waals surface area (Å²) in [5.41, 5.74) is 1.50. The molecule has 0 aromatic carbocycles. The van der Waals surface area contributed by atoms with Crippen LogP contribution in [-0.2, 0) is 10.0 Å². The summed E-state index contributed by atoms with van der Waals surface area (Å²) in [5, 5.41) is 10.7. The molecule has 1 N–H and O–H groups in total. The Hall–Kier alpha value is -2.68. The van der Waals surface area contributed by atoms with Gasteiger partial charge in [0.25, 0.3) is 0 Å². The molecule has 3 aromatic heterocycles. The van der Waals surface area contributed by atoms with Gasteiger partial charge < -0.3 is 4.57 Å². The number of halogens is 3. The van der Waals surface area contributed by atoms with E-state index < -0.39 is 29.4 Å². The topological polar surface area (TPSA) is 114 Å². The third kappa shape index (κ3) is 3.86. The summed E-state index contributed by atoms with van der Waals surface area (Å²) in [7, 11) is -4.20. The van der Waals surface area contributed by atoms with Crippen LogP contribution in [0.25, 0.3) is 22.4 Å². The molecule has 162 valence electrons. The van der Waals surface area contributed by atoms with E-state index in [0.29, 0.717) is 16.6 Å². The number of pyridine rings is 1. The highest BCUT2D eigenvalue weighted by Crippen LogP contribution is 2.41. The average molecular weight is 467 g/mol. The molecule has 1 saturated carbocycles. The van der Waals surface area contributed by atoms with Gasteiger partial charge in [-0.3, -0.25) is 0 Å². The van der Waals surface area contributed by atoms with Gasteiger partial charge in [0, 0.05) is 17.6 Å². The van der Waals surface area contributed by atoms with Crippen LogP contribution in [0, 0.1) is 11.3 Å². The highest BCUT2D eigenvalue weighted by atomic mass is 35.5. The lowest BCUT2D eigenvalue weighted by Crippen LogP contribution is -2.38. The number of rotatable bonds is 7. The van der Waals surface area contributed by atoms with Crippen molar-refractivity contribution in [2.75, 3.05) is 13.3 Å². The van der Waals surface area contributed by atoms with Crippen LogP contribution in [0.5, 0.6) is 0 Å². The minimum atomic E-state index is -4.20. The zero-order valence-electron chi connectivity index (χ0n) is 16.1. The molecule has 8 nitrogen and oxygen atoms in total. The quantitative estimate of drug-likeness (QED) is 0.534. The van der Waals surface area contributed by atoms with Crippen molar-refractivity contribution >= 4 is 32.5 Å². The number of nitriles is 1. The molecule has 0 aliphatic heterocycles. The van der Waals surface area contributed by atoms with Crippen LogP contribution in [0.1, 0.15) is 30.9 Å². The average Bonchev–Trinajstić information content (AvgIpc) is 3.04. The smallest absolute Gasteiger partial charge is 0.244 e. The first-order valence-corrected chi connectivity index (χ1v) is 11.3. The summed E-state index contributed by atoms with van der Waals surface area (Å²) in [6.07, 6.45) is 6.47. The molecule has 1 fully saturated rings. The van der Waals surface area contributed by atoms with Crippen molar-refractivity contribution < 1.29 is 17.2 Å². The molecule has 0 amide bonds. The van der Waals surface area contributed by atoms with Crippen LogP contribution in [0.4, 0.5) is 8.78 Å². The molecule has 1 aliphatic rings. The molecule has 0 bridgehead atoms. The normalized spacial score (nSPS) is 14.7. The van der Waals surface area contributed by atoms with E-state index in [-0.39, 0.29) is 21.9 Å². The van der Waals surface area contributed by atoms with Crippen LogP contribution in [-0.4, -0.2) is 47.3 Å². The fourth-order valence-corrected chi connectivity index (χ4v) is 4.74. The fourth-order valence-electron chi connectivity index (χ4n) is 3.51. The van der Waals surface area contributed by atoms with Crippen LogP contribution in [0.3, 0.4) is 0 Å². The monoisotopic (exact) mass is 466 g/mol. The second kappa shape index (κ2) is 8.45. The number of sulfonamides is 1. The second-order valence-corrected chi connectivity index (χ2v) is 9.28. The van der Waals surface area contributed by atoms with Gasteiger partial charge >= 0.3 is 0 Å². The first-order valence-electron chi connectivity index (χ1n) is 9.45. The summed E-state index contributed by atoms with van der Waals surface area (Å²) in [5.74, 6) is 0.155. The van der Waals surface area contributed by atoms with Crippen molar-refractivity contribution in [2.45, 2.75) is 36.2 Å². The molecule has 4 rings (SSSR count). The third-order valence-corrected chi connectivity index (χ3v) is 6.93. The Morgan fingerprint density at radius 1 is 1.23 bits per heavy atom. The number of alkyl halides is 2. The number of hydrogen-bond acceptors (Lipinski definition) is 6. The van der Waals surface area contributed by atoms with Gasteiger partial charge in [0.05, 0.1) is 29.5 Å². The van der Waals surface area contributed by atoms with E-state index in [1.165, 1.54) is 6.20 Å². The summed E-state index contributed by atoms with van der Waals surface area (Å²) in [6.45, 7) is -2.36. The summed E-state index contributed by atoms with van der Waals surface area (Å²) < 4.78 is 54.0. The summed E-state index contributed by atoms with van der Waals surface area (Å²) in [6, 6.07) is 2.49. The van der Waals surface area contributed by atoms with E-state index in [2.05, 4.69) is 21.0 Å². The molecule has 31 heavy (non-hydrogen) atoms. The Kier molecular flexibility index (Phi) is 5.88. The predicted octanol–water partition coefficient (Wildman–Crippen LogP) is 3.33. The minimum absolute atomic E-state index is 0.126. The van der Waals surface area contributed by atoms with Gasteiger partial charge in [0.1, 0.15) is 35.2 Å². The first-order chi connectivity index (χ1) is 14.9. The largest absolute Gasteiger partial charge is 0.334 e. The minimum Gasteiger partial charge on any atom is -0.334 e. The predicted molar refractivity (Wildman–Crippen MR) is 109 cm³/mol. The molecule has 0 radical (unpaired) electrons. The van der Waals surface area contributed by atoms with Crippen molar-refractivity contribution in [3.63, 3.8) is 0 Å². The highest BCUT2D eigenvalue weighted by molar-refractivity contribution is 7.89. The zero-order chi connectivity index (χ0) is 22.2. The standard InChI is InChI=1S/C19H17ClF2N6O2S/c20-17-4-16-15(10-24-17)14(7-23)18(28(16)12-2-1-3-12)19-25-8-13(9-26-19)31(29,30)27-11(5-21)6-22/h4,8-12,27H,1-3,5-6H2. The molecule has 0 saturated heterocycles. The lowest BCUT2D eigenvalue weighted by atomic mass is 9.92. The number of nitrogens with zero attached hydrogens (tertiary/aromatic N) is 5. The number of aromatic nitrogens is 4. The van der Waals surface area contributed by atoms with Gasteiger partial charge in [-0.15, -0.1) is 0 Å². The van der Waals surface area contributed by atoms with Crippen LogP contribution >= 0.6 is 11.6 Å². The third-order valence-electron chi connectivity index (χ3n) is 5.25. The van der Waals surface area contributed by atoms with Crippen LogP contribution in [0.15, 0.2) is 29.6 Å². The van der Waals surface area contributed by atoms with Crippen LogP contribution in [0.2, 0.25) is 5.15 Å². The number of hydrogen-bond donors (Lipinski definition) is 1. The van der Waals surface area contributed by atoms with E-state index in [9.17, 15) is 22.5 Å². The summed E-state index contributed by atoms with van der Waals surface area (Å²) in [4.78, 5) is 12.1. The van der Waals surface area contributed by atoms with Gasteiger partial charge in [-0.2, -0.15) is 5.26 Å². The first kappa shape index (κ1) is 21.5. The van der Waals surface area contributed by atoms with Crippen LogP contribution < -0.4 is 4.72 Å². The van der Waals surface area contributed by atoms with Crippen molar-refractivity contribution in [3.8, 4) is 17.6 Å². The molecule has 0 unspecified atom stereocenters. The lowest BCUT2D eigenvalue weighted by Gasteiger charge is -2.29. The SMILES string of the molecule is N#Cc1c(-c2ncc(S(=O)(=O)NC(CF)CF)cn2)n(C2CCC2)c2cc(Cl)ncc12. The molecular weight excluding hydrogens is 450 g/mol. The van der Waals surface area contributed by atoms with Crippen molar-refractivity contribution in [1.29, 1.82) is 5.26 Å².